The Bertz CT molecular complexity index is 1480. The number of nitrogens with one attached hydrogen (secondary N) is 2. The Morgan fingerprint density at radius 1 is 0.967 bits per heavy atom. The molecule has 5 nitrogen and oxygen atoms in total. The summed E-state index contributed by atoms with van der Waals surface area (Å²) in [6.45, 7) is 2.11. The van der Waals surface area contributed by atoms with Gasteiger partial charge in [0.05, 0.1) is 11.2 Å². The number of rotatable bonds is 3. The van der Waals surface area contributed by atoms with Crippen molar-refractivity contribution in [1.29, 1.82) is 0 Å². The quantitative estimate of drug-likeness (QED) is 0.408. The minimum atomic E-state index is 0.874. The van der Waals surface area contributed by atoms with E-state index >= 15 is 0 Å². The smallest absolute Gasteiger partial charge is 0.138 e. The summed E-state index contributed by atoms with van der Waals surface area (Å²) < 4.78 is 0. The van der Waals surface area contributed by atoms with Gasteiger partial charge in [0, 0.05) is 34.9 Å². The lowest BCUT2D eigenvalue weighted by molar-refractivity contribution is 1.12. The van der Waals surface area contributed by atoms with Crippen LogP contribution >= 0.6 is 0 Å². The minimum absolute atomic E-state index is 0.874. The molecule has 4 heterocycles. The Morgan fingerprint density at radius 3 is 2.80 bits per heavy atom. The highest BCUT2D eigenvalue weighted by molar-refractivity contribution is 6.00. The molecule has 0 amide bonds. The molecule has 0 unspecified atom stereocenters. The third-order valence-corrected chi connectivity index (χ3v) is 5.78. The van der Waals surface area contributed by atoms with E-state index in [1.165, 1.54) is 16.7 Å². The van der Waals surface area contributed by atoms with Crippen molar-refractivity contribution in [2.24, 2.45) is 0 Å². The number of fused-ring (bicyclic) bond motifs is 2. The third-order valence-electron chi connectivity index (χ3n) is 5.78. The van der Waals surface area contributed by atoms with Crippen LogP contribution in [0.25, 0.3) is 50.0 Å². The summed E-state index contributed by atoms with van der Waals surface area (Å²) in [5.41, 5.74) is 9.64. The first-order valence-corrected chi connectivity index (χ1v) is 10.0. The van der Waals surface area contributed by atoms with E-state index < -0.39 is 0 Å². The van der Waals surface area contributed by atoms with Crippen LogP contribution in [0.5, 0.6) is 0 Å². The van der Waals surface area contributed by atoms with Crippen molar-refractivity contribution >= 4 is 27.5 Å². The van der Waals surface area contributed by atoms with Gasteiger partial charge in [-0.25, -0.2) is 4.98 Å². The van der Waals surface area contributed by atoms with E-state index in [0.29, 0.717) is 0 Å². The van der Waals surface area contributed by atoms with Crippen LogP contribution in [0, 0.1) is 6.92 Å². The maximum absolute atomic E-state index is 4.62. The summed E-state index contributed by atoms with van der Waals surface area (Å²) in [5, 5.41) is 9.97. The molecular weight excluding hydrogens is 370 g/mol. The highest BCUT2D eigenvalue weighted by atomic mass is 15.1. The van der Waals surface area contributed by atoms with Crippen LogP contribution in [0.2, 0.25) is 0 Å². The van der Waals surface area contributed by atoms with Crippen molar-refractivity contribution in [2.75, 3.05) is 0 Å². The van der Waals surface area contributed by atoms with E-state index in [-0.39, 0.29) is 0 Å². The summed E-state index contributed by atoms with van der Waals surface area (Å²) in [6.07, 6.45) is 13.2. The molecule has 1 aromatic carbocycles. The second-order valence-corrected chi connectivity index (χ2v) is 7.62. The summed E-state index contributed by atoms with van der Waals surface area (Å²) in [4.78, 5) is 12.3. The molecule has 6 rings (SSSR count). The van der Waals surface area contributed by atoms with Crippen molar-refractivity contribution < 1.29 is 0 Å². The van der Waals surface area contributed by atoms with Gasteiger partial charge < -0.3 is 4.98 Å². The van der Waals surface area contributed by atoms with Crippen LogP contribution in [-0.4, -0.2) is 25.1 Å². The van der Waals surface area contributed by atoms with Gasteiger partial charge in [-0.1, -0.05) is 24.3 Å². The Kier molecular flexibility index (Phi) is 3.68. The van der Waals surface area contributed by atoms with Crippen molar-refractivity contribution in [3.05, 3.63) is 84.3 Å². The van der Waals surface area contributed by atoms with Crippen LogP contribution in [0.15, 0.2) is 73.2 Å². The van der Waals surface area contributed by atoms with E-state index in [0.717, 1.165) is 50.9 Å². The number of benzene rings is 1. The molecule has 5 aromatic rings. The minimum Gasteiger partial charge on any atom is -0.338 e. The molecule has 0 fully saturated rings. The Balaban J connectivity index is 1.52. The van der Waals surface area contributed by atoms with E-state index in [1.54, 1.807) is 0 Å². The SMILES string of the molecule is Cc1ccncc1-c1ccc2[nH]nc(-c3cc4c(C5=CCC=C5)ccnc4[nH]3)c2c1. The normalized spacial score (nSPS) is 13.4. The number of aromatic amines is 2. The highest BCUT2D eigenvalue weighted by Gasteiger charge is 2.15. The average Bonchev–Trinajstić information content (AvgIpc) is 3.51. The fourth-order valence-electron chi connectivity index (χ4n) is 4.22. The zero-order valence-corrected chi connectivity index (χ0v) is 16.5. The monoisotopic (exact) mass is 389 g/mol. The molecule has 4 aromatic heterocycles. The van der Waals surface area contributed by atoms with Gasteiger partial charge in [-0.15, -0.1) is 0 Å². The molecule has 1 aliphatic rings. The number of aryl methyl sites for hydroxylation is 1. The van der Waals surface area contributed by atoms with Crippen LogP contribution < -0.4 is 0 Å². The first-order valence-electron chi connectivity index (χ1n) is 10.0. The van der Waals surface area contributed by atoms with Crippen molar-refractivity contribution in [2.45, 2.75) is 13.3 Å². The largest absolute Gasteiger partial charge is 0.338 e. The second kappa shape index (κ2) is 6.52. The molecular formula is C25H19N5. The van der Waals surface area contributed by atoms with Gasteiger partial charge in [0.2, 0.25) is 0 Å². The van der Waals surface area contributed by atoms with E-state index in [4.69, 9.17) is 0 Å². The van der Waals surface area contributed by atoms with Gasteiger partial charge >= 0.3 is 0 Å². The standard InChI is InChI=1S/C25H19N5/c1-15-8-10-26-14-21(15)17-6-7-22-20(12-17)24(30-29-22)23-13-19-18(16-4-2-3-5-16)9-11-27-25(19)28-23/h2,4-14H,3H2,1H3,(H,27,28)(H,29,30). The number of hydrogen-bond acceptors (Lipinski definition) is 3. The molecule has 0 saturated heterocycles. The number of aromatic nitrogens is 5. The van der Waals surface area contributed by atoms with Gasteiger partial charge in [-0.05, 0) is 65.9 Å². The highest BCUT2D eigenvalue weighted by Crippen LogP contribution is 2.34. The van der Waals surface area contributed by atoms with Gasteiger partial charge in [0.25, 0.3) is 0 Å². The zero-order chi connectivity index (χ0) is 20.1. The number of pyridine rings is 2. The van der Waals surface area contributed by atoms with Gasteiger partial charge in [0.1, 0.15) is 11.3 Å². The predicted molar refractivity (Wildman–Crippen MR) is 121 cm³/mol. The molecule has 30 heavy (non-hydrogen) atoms. The number of hydrogen-bond donors (Lipinski definition) is 2. The van der Waals surface area contributed by atoms with E-state index in [1.807, 2.05) is 24.7 Å². The second-order valence-electron chi connectivity index (χ2n) is 7.62. The Hall–Kier alpha value is -3.99. The van der Waals surface area contributed by atoms with Crippen LogP contribution in [0.4, 0.5) is 0 Å². The maximum Gasteiger partial charge on any atom is 0.138 e. The lowest BCUT2D eigenvalue weighted by Gasteiger charge is -2.05. The predicted octanol–water partition coefficient (Wildman–Crippen LogP) is 5.82. The van der Waals surface area contributed by atoms with Crippen molar-refractivity contribution in [3.8, 4) is 22.5 Å². The fourth-order valence-corrected chi connectivity index (χ4v) is 4.22. The molecule has 144 valence electrons. The van der Waals surface area contributed by atoms with Gasteiger partial charge in [-0.2, -0.15) is 5.10 Å². The number of allylic oxidation sites excluding steroid dienone is 4. The van der Waals surface area contributed by atoms with Crippen LogP contribution in [-0.2, 0) is 0 Å². The topological polar surface area (TPSA) is 70.2 Å². The Labute approximate surface area is 173 Å². The molecule has 0 spiro atoms. The van der Waals surface area contributed by atoms with Crippen LogP contribution in [0.1, 0.15) is 17.5 Å². The van der Waals surface area contributed by atoms with Crippen molar-refractivity contribution in [1.82, 2.24) is 25.1 Å². The van der Waals surface area contributed by atoms with Gasteiger partial charge in [0.15, 0.2) is 0 Å². The summed E-state index contributed by atoms with van der Waals surface area (Å²) in [6, 6.07) is 12.6. The summed E-state index contributed by atoms with van der Waals surface area (Å²) in [7, 11) is 0. The molecule has 0 atom stereocenters. The summed E-state index contributed by atoms with van der Waals surface area (Å²) >= 11 is 0. The zero-order valence-electron chi connectivity index (χ0n) is 16.5. The maximum atomic E-state index is 4.62. The molecule has 5 heteroatoms. The first-order chi connectivity index (χ1) is 14.8. The Morgan fingerprint density at radius 2 is 1.93 bits per heavy atom. The molecule has 1 aliphatic carbocycles. The lowest BCUT2D eigenvalue weighted by atomic mass is 10.0. The number of H-pyrrole nitrogens is 2. The molecule has 2 N–H and O–H groups in total. The number of nitrogens with zero attached hydrogens (tertiary/aromatic N) is 3. The van der Waals surface area contributed by atoms with Crippen LogP contribution in [0.3, 0.4) is 0 Å². The van der Waals surface area contributed by atoms with Gasteiger partial charge in [-0.3, -0.25) is 10.1 Å². The van der Waals surface area contributed by atoms with E-state index in [9.17, 15) is 0 Å². The lowest BCUT2D eigenvalue weighted by Crippen LogP contribution is -1.85. The first kappa shape index (κ1) is 16.9. The molecule has 0 radical (unpaired) electrons. The average molecular weight is 389 g/mol. The third kappa shape index (κ3) is 2.59. The van der Waals surface area contributed by atoms with E-state index in [2.05, 4.69) is 80.6 Å². The molecule has 0 saturated carbocycles. The summed E-state index contributed by atoms with van der Waals surface area (Å²) in [5.74, 6) is 0. The fraction of sp³-hybridized carbons (Fsp3) is 0.0800. The molecule has 0 aliphatic heterocycles. The van der Waals surface area contributed by atoms with Crippen molar-refractivity contribution in [3.63, 3.8) is 0 Å². The molecule has 0 bridgehead atoms.